The zero-order valence-corrected chi connectivity index (χ0v) is 17.3. The molecule has 3 N–H and O–H groups in total. The lowest BCUT2D eigenvalue weighted by atomic mass is 9.82. The normalized spacial score (nSPS) is 15.5. The van der Waals surface area contributed by atoms with E-state index in [2.05, 4.69) is 36.2 Å². The molecule has 29 heavy (non-hydrogen) atoms. The Labute approximate surface area is 172 Å². The van der Waals surface area contributed by atoms with Gasteiger partial charge in [-0.1, -0.05) is 6.07 Å². The summed E-state index contributed by atoms with van der Waals surface area (Å²) in [6, 6.07) is 9.81. The van der Waals surface area contributed by atoms with Crippen LogP contribution in [0.2, 0.25) is 0 Å². The average molecular weight is 408 g/mol. The minimum Gasteiger partial charge on any atom is -0.497 e. The van der Waals surface area contributed by atoms with Gasteiger partial charge in [0, 0.05) is 26.9 Å². The van der Waals surface area contributed by atoms with Gasteiger partial charge >= 0.3 is 0 Å². The number of allylic oxidation sites excluding steroid dienone is 1. The molecule has 1 aliphatic heterocycles. The van der Waals surface area contributed by atoms with Gasteiger partial charge in [-0.25, -0.2) is 0 Å². The van der Waals surface area contributed by atoms with Crippen LogP contribution in [0.15, 0.2) is 35.7 Å². The zero-order valence-electron chi connectivity index (χ0n) is 16.5. The van der Waals surface area contributed by atoms with E-state index in [1.807, 2.05) is 12.1 Å². The first-order valence-corrected chi connectivity index (χ1v) is 9.75. The van der Waals surface area contributed by atoms with Crippen molar-refractivity contribution in [2.45, 2.75) is 19.8 Å². The van der Waals surface area contributed by atoms with E-state index in [-0.39, 0.29) is 5.88 Å². The van der Waals surface area contributed by atoms with Crippen molar-refractivity contribution in [3.63, 3.8) is 0 Å². The quantitative estimate of drug-likeness (QED) is 0.676. The van der Waals surface area contributed by atoms with Crippen LogP contribution >= 0.6 is 11.3 Å². The predicted octanol–water partition coefficient (Wildman–Crippen LogP) is 3.99. The molecule has 148 valence electrons. The number of rotatable bonds is 4. The number of nitrogens with zero attached hydrogens (tertiary/aromatic N) is 2. The van der Waals surface area contributed by atoms with E-state index in [4.69, 9.17) is 19.9 Å². The Bertz CT molecular complexity index is 1170. The van der Waals surface area contributed by atoms with Crippen LogP contribution in [0, 0.1) is 25.2 Å². The van der Waals surface area contributed by atoms with E-state index < -0.39 is 5.92 Å². The van der Waals surface area contributed by atoms with E-state index in [1.54, 1.807) is 31.6 Å². The molecule has 2 aromatic heterocycles. The summed E-state index contributed by atoms with van der Waals surface area (Å²) in [7, 11) is 3.18. The Hall–Kier alpha value is -3.44. The minimum atomic E-state index is -0.488. The van der Waals surface area contributed by atoms with E-state index in [0.29, 0.717) is 23.0 Å². The van der Waals surface area contributed by atoms with Crippen LogP contribution in [-0.2, 0) is 0 Å². The van der Waals surface area contributed by atoms with E-state index >= 15 is 0 Å². The van der Waals surface area contributed by atoms with Gasteiger partial charge in [-0.2, -0.15) is 5.26 Å². The lowest BCUT2D eigenvalue weighted by Crippen LogP contribution is -2.21. The van der Waals surface area contributed by atoms with Crippen molar-refractivity contribution in [2.24, 2.45) is 5.73 Å². The number of hydrogen-bond donors (Lipinski definition) is 2. The second kappa shape index (κ2) is 7.18. The highest BCUT2D eigenvalue weighted by Crippen LogP contribution is 2.49. The molecule has 0 saturated heterocycles. The van der Waals surface area contributed by atoms with Gasteiger partial charge in [0.25, 0.3) is 0 Å². The Kier molecular flexibility index (Phi) is 4.68. The first kappa shape index (κ1) is 18.9. The van der Waals surface area contributed by atoms with Gasteiger partial charge in [-0.3, -0.25) is 5.10 Å². The van der Waals surface area contributed by atoms with Gasteiger partial charge in [0.15, 0.2) is 0 Å². The number of methoxy groups -OCH3 is 2. The number of aromatic amines is 1. The molecule has 0 bridgehead atoms. The maximum atomic E-state index is 9.88. The maximum absolute atomic E-state index is 9.88. The third-order valence-electron chi connectivity index (χ3n) is 5.00. The molecule has 4 rings (SSSR count). The Morgan fingerprint density at radius 2 is 2.03 bits per heavy atom. The molecule has 8 heteroatoms. The second-order valence-electron chi connectivity index (χ2n) is 6.68. The molecule has 1 atom stereocenters. The molecule has 0 saturated carbocycles. The molecule has 7 nitrogen and oxygen atoms in total. The largest absolute Gasteiger partial charge is 0.497 e. The van der Waals surface area contributed by atoms with Crippen LogP contribution in [0.3, 0.4) is 0 Å². The van der Waals surface area contributed by atoms with Crippen LogP contribution in [0.25, 0.3) is 11.3 Å². The summed E-state index contributed by atoms with van der Waals surface area (Å²) in [6.45, 7) is 4.12. The monoisotopic (exact) mass is 408 g/mol. The molecule has 1 aromatic carbocycles. The van der Waals surface area contributed by atoms with Crippen molar-refractivity contribution in [3.05, 3.63) is 56.6 Å². The zero-order chi connectivity index (χ0) is 20.7. The number of aryl methyl sites for hydroxylation is 2. The fraction of sp³-hybridized carbons (Fsp3) is 0.238. The average Bonchev–Trinajstić information content (AvgIpc) is 3.28. The fourth-order valence-corrected chi connectivity index (χ4v) is 4.63. The number of hydrogen-bond acceptors (Lipinski definition) is 7. The summed E-state index contributed by atoms with van der Waals surface area (Å²) >= 11 is 1.70. The number of nitrogens with two attached hydrogens (primary N) is 1. The molecule has 0 amide bonds. The van der Waals surface area contributed by atoms with Crippen molar-refractivity contribution in [1.82, 2.24) is 10.2 Å². The molecule has 0 radical (unpaired) electrons. The highest BCUT2D eigenvalue weighted by atomic mass is 32.1. The Morgan fingerprint density at radius 3 is 2.66 bits per heavy atom. The Balaban J connectivity index is 1.99. The standard InChI is InChI=1S/C21H20N4O3S/c1-10-7-14(11(2)29-10)19-18-17(13-6-5-12(26-3)8-16(13)27-4)15(9-22)20(23)28-21(18)25-24-19/h5-8,17H,23H2,1-4H3,(H,24,25)/t17-/m0/s1. The van der Waals surface area contributed by atoms with Gasteiger partial charge in [-0.15, -0.1) is 16.4 Å². The summed E-state index contributed by atoms with van der Waals surface area (Å²) in [5.74, 6) is 1.16. The smallest absolute Gasteiger partial charge is 0.244 e. The van der Waals surface area contributed by atoms with Crippen LogP contribution < -0.4 is 19.9 Å². The number of ether oxygens (including phenoxy) is 3. The second-order valence-corrected chi connectivity index (χ2v) is 8.14. The van der Waals surface area contributed by atoms with Crippen LogP contribution in [0.1, 0.15) is 26.8 Å². The number of thiophene rings is 1. The summed E-state index contributed by atoms with van der Waals surface area (Å²) in [5.41, 5.74) is 9.78. The molecule has 0 fully saturated rings. The fourth-order valence-electron chi connectivity index (χ4n) is 3.70. The first-order valence-electron chi connectivity index (χ1n) is 8.93. The highest BCUT2D eigenvalue weighted by molar-refractivity contribution is 7.12. The summed E-state index contributed by atoms with van der Waals surface area (Å²) < 4.78 is 16.6. The van der Waals surface area contributed by atoms with Crippen molar-refractivity contribution in [3.8, 4) is 34.7 Å². The van der Waals surface area contributed by atoms with Crippen molar-refractivity contribution in [2.75, 3.05) is 14.2 Å². The van der Waals surface area contributed by atoms with Gasteiger partial charge in [0.2, 0.25) is 11.8 Å². The van der Waals surface area contributed by atoms with Gasteiger partial charge in [0.05, 0.1) is 31.4 Å². The lowest BCUT2D eigenvalue weighted by Gasteiger charge is -2.25. The van der Waals surface area contributed by atoms with Crippen molar-refractivity contribution < 1.29 is 14.2 Å². The van der Waals surface area contributed by atoms with Crippen LogP contribution in [-0.4, -0.2) is 24.4 Å². The van der Waals surface area contributed by atoms with E-state index in [0.717, 1.165) is 27.3 Å². The molecule has 0 unspecified atom stereocenters. The summed E-state index contributed by atoms with van der Waals surface area (Å²) in [4.78, 5) is 2.34. The molecule has 3 aromatic rings. The molecule has 3 heterocycles. The molecular formula is C21H20N4O3S. The number of H-pyrrole nitrogens is 1. The van der Waals surface area contributed by atoms with Gasteiger partial charge < -0.3 is 19.9 Å². The molecule has 0 spiro atoms. The Morgan fingerprint density at radius 1 is 1.24 bits per heavy atom. The third-order valence-corrected chi connectivity index (χ3v) is 5.97. The van der Waals surface area contributed by atoms with Crippen molar-refractivity contribution in [1.29, 1.82) is 5.26 Å². The minimum absolute atomic E-state index is 0.0409. The predicted molar refractivity (Wildman–Crippen MR) is 110 cm³/mol. The SMILES string of the molecule is COc1ccc([C@H]2C(C#N)=C(N)Oc3n[nH]c(-c4cc(C)sc4C)c32)c(OC)c1. The van der Waals surface area contributed by atoms with Crippen LogP contribution in [0.4, 0.5) is 0 Å². The first-order chi connectivity index (χ1) is 14.0. The van der Waals surface area contributed by atoms with E-state index in [1.165, 1.54) is 4.88 Å². The van der Waals surface area contributed by atoms with E-state index in [9.17, 15) is 5.26 Å². The number of nitrogens with one attached hydrogen (secondary N) is 1. The highest BCUT2D eigenvalue weighted by Gasteiger charge is 2.37. The van der Waals surface area contributed by atoms with Crippen molar-refractivity contribution >= 4 is 11.3 Å². The summed E-state index contributed by atoms with van der Waals surface area (Å²) in [6.07, 6.45) is 0. The maximum Gasteiger partial charge on any atom is 0.244 e. The topological polar surface area (TPSA) is 106 Å². The number of fused-ring (bicyclic) bond motifs is 1. The van der Waals surface area contributed by atoms with Gasteiger partial charge in [0.1, 0.15) is 23.1 Å². The van der Waals surface area contributed by atoms with Crippen LogP contribution in [0.5, 0.6) is 17.4 Å². The number of benzene rings is 1. The summed E-state index contributed by atoms with van der Waals surface area (Å²) in [5, 5.41) is 17.3. The molecule has 0 aliphatic carbocycles. The molecule has 1 aliphatic rings. The third kappa shape index (κ3) is 3.00. The lowest BCUT2D eigenvalue weighted by molar-refractivity contribution is 0.373. The number of nitriles is 1. The number of aromatic nitrogens is 2. The molecular weight excluding hydrogens is 388 g/mol. The van der Waals surface area contributed by atoms with Gasteiger partial charge in [-0.05, 0) is 26.0 Å².